The molecule has 3 unspecified atom stereocenters. The van der Waals surface area contributed by atoms with Crippen LogP contribution in [0.25, 0.3) is 0 Å². The van der Waals surface area contributed by atoms with Crippen molar-refractivity contribution in [1.29, 1.82) is 0 Å². The normalized spacial score (nSPS) is 30.0. The van der Waals surface area contributed by atoms with Gasteiger partial charge in [-0.25, -0.2) is 0 Å². The fourth-order valence-corrected chi connectivity index (χ4v) is 3.06. The first-order valence-electron chi connectivity index (χ1n) is 7.49. The van der Waals surface area contributed by atoms with Crippen molar-refractivity contribution in [2.45, 2.75) is 38.8 Å². The van der Waals surface area contributed by atoms with Crippen LogP contribution in [0.5, 0.6) is 0 Å². The van der Waals surface area contributed by atoms with Gasteiger partial charge < -0.3 is 15.3 Å². The molecule has 2 rings (SSSR count). The van der Waals surface area contributed by atoms with Gasteiger partial charge in [-0.3, -0.25) is 14.5 Å². The Labute approximate surface area is 120 Å². The molecule has 3 atom stereocenters. The van der Waals surface area contributed by atoms with Crippen LogP contribution in [0.3, 0.4) is 0 Å². The smallest absolute Gasteiger partial charge is 0.320 e. The summed E-state index contributed by atoms with van der Waals surface area (Å²) in [6.45, 7) is 7.27. The Balaban J connectivity index is 1.87. The average Bonchev–Trinajstić information content (AvgIpc) is 2.46. The van der Waals surface area contributed by atoms with Crippen LogP contribution in [0.1, 0.15) is 26.7 Å². The van der Waals surface area contributed by atoms with E-state index in [0.29, 0.717) is 32.1 Å². The molecule has 2 aliphatic heterocycles. The molecule has 20 heavy (non-hydrogen) atoms. The summed E-state index contributed by atoms with van der Waals surface area (Å²) in [5, 5.41) is 12.3. The maximum Gasteiger partial charge on any atom is 0.320 e. The van der Waals surface area contributed by atoms with Gasteiger partial charge in [0.2, 0.25) is 5.91 Å². The molecule has 6 nitrogen and oxygen atoms in total. The zero-order chi connectivity index (χ0) is 14.7. The van der Waals surface area contributed by atoms with E-state index >= 15 is 0 Å². The minimum absolute atomic E-state index is 0.0628. The molecule has 0 aliphatic carbocycles. The lowest BCUT2D eigenvalue weighted by molar-refractivity contribution is -0.144. The zero-order valence-corrected chi connectivity index (χ0v) is 12.3. The fraction of sp³-hybridized carbons (Fsp3) is 0.857. The zero-order valence-electron chi connectivity index (χ0n) is 12.3. The number of nitrogens with one attached hydrogen (secondary N) is 1. The Hall–Kier alpha value is -1.14. The number of hydrogen-bond acceptors (Lipinski definition) is 4. The third-order valence-electron chi connectivity index (χ3n) is 4.57. The number of aliphatic carboxylic acids is 1. The second-order valence-corrected chi connectivity index (χ2v) is 5.93. The standard InChI is InChI=1S/C14H25N3O3/c1-10-4-3-5-15-12(10)13(18)17-8-6-16(7-9-17)11(2)14(19)20/h10-12,15H,3-9H2,1-2H3,(H,19,20). The van der Waals surface area contributed by atoms with Gasteiger partial charge in [0.05, 0.1) is 6.04 Å². The average molecular weight is 283 g/mol. The third-order valence-corrected chi connectivity index (χ3v) is 4.57. The predicted octanol–water partition coefficient (Wildman–Crippen LogP) is -0.00820. The lowest BCUT2D eigenvalue weighted by Gasteiger charge is -2.40. The van der Waals surface area contributed by atoms with E-state index in [9.17, 15) is 9.59 Å². The van der Waals surface area contributed by atoms with Gasteiger partial charge in [0.1, 0.15) is 6.04 Å². The summed E-state index contributed by atoms with van der Waals surface area (Å²) in [6, 6.07) is -0.536. The van der Waals surface area contributed by atoms with Gasteiger partial charge in [-0.2, -0.15) is 0 Å². The number of nitrogens with zero attached hydrogens (tertiary/aromatic N) is 2. The minimum Gasteiger partial charge on any atom is -0.480 e. The third kappa shape index (κ3) is 3.30. The van der Waals surface area contributed by atoms with E-state index < -0.39 is 12.0 Å². The van der Waals surface area contributed by atoms with Gasteiger partial charge in [-0.1, -0.05) is 6.92 Å². The molecule has 114 valence electrons. The molecular weight excluding hydrogens is 258 g/mol. The molecule has 0 radical (unpaired) electrons. The number of carbonyl (C=O) groups excluding carboxylic acids is 1. The van der Waals surface area contributed by atoms with Gasteiger partial charge >= 0.3 is 5.97 Å². The highest BCUT2D eigenvalue weighted by atomic mass is 16.4. The molecule has 0 aromatic rings. The van der Waals surface area contributed by atoms with Crippen LogP contribution < -0.4 is 5.32 Å². The van der Waals surface area contributed by atoms with Gasteiger partial charge in [0, 0.05) is 26.2 Å². The number of carboxylic acid groups (broad SMARTS) is 1. The van der Waals surface area contributed by atoms with Crippen LogP contribution >= 0.6 is 0 Å². The van der Waals surface area contributed by atoms with Crippen molar-refractivity contribution >= 4 is 11.9 Å². The van der Waals surface area contributed by atoms with Crippen molar-refractivity contribution in [1.82, 2.24) is 15.1 Å². The minimum atomic E-state index is -0.799. The van der Waals surface area contributed by atoms with Crippen LogP contribution in [0.4, 0.5) is 0 Å². The summed E-state index contributed by atoms with van der Waals surface area (Å²) in [5.41, 5.74) is 0. The summed E-state index contributed by atoms with van der Waals surface area (Å²) in [5.74, 6) is -0.237. The van der Waals surface area contributed by atoms with Gasteiger partial charge in [0.15, 0.2) is 0 Å². The first kappa shape index (κ1) is 15.3. The first-order valence-corrected chi connectivity index (χ1v) is 7.49. The number of hydrogen-bond donors (Lipinski definition) is 2. The topological polar surface area (TPSA) is 72.9 Å². The number of rotatable bonds is 3. The van der Waals surface area contributed by atoms with Crippen molar-refractivity contribution < 1.29 is 14.7 Å². The second kappa shape index (κ2) is 6.54. The summed E-state index contributed by atoms with van der Waals surface area (Å²) in [4.78, 5) is 27.3. The van der Waals surface area contributed by atoms with Crippen LogP contribution in [-0.4, -0.2) is 71.6 Å². The molecule has 2 N–H and O–H groups in total. The summed E-state index contributed by atoms with van der Waals surface area (Å²) < 4.78 is 0. The molecule has 0 spiro atoms. The van der Waals surface area contributed by atoms with E-state index in [4.69, 9.17) is 5.11 Å². The predicted molar refractivity (Wildman–Crippen MR) is 75.4 cm³/mol. The maximum absolute atomic E-state index is 12.5. The largest absolute Gasteiger partial charge is 0.480 e. The molecule has 0 aromatic heterocycles. The highest BCUT2D eigenvalue weighted by molar-refractivity contribution is 5.82. The van der Waals surface area contributed by atoms with Gasteiger partial charge in [0.25, 0.3) is 0 Å². The highest BCUT2D eigenvalue weighted by Crippen LogP contribution is 2.18. The number of carboxylic acids is 1. The molecule has 2 heterocycles. The van der Waals surface area contributed by atoms with Crippen LogP contribution in [0.15, 0.2) is 0 Å². The molecule has 0 saturated carbocycles. The lowest BCUT2D eigenvalue weighted by atomic mass is 9.91. The van der Waals surface area contributed by atoms with E-state index in [1.165, 1.54) is 0 Å². The van der Waals surface area contributed by atoms with Gasteiger partial charge in [-0.15, -0.1) is 0 Å². The van der Waals surface area contributed by atoms with Crippen LogP contribution in [0.2, 0.25) is 0 Å². The maximum atomic E-state index is 12.5. The molecule has 0 aromatic carbocycles. The quantitative estimate of drug-likeness (QED) is 0.762. The Kier molecular flexibility index (Phi) is 4.99. The number of carbonyl (C=O) groups is 2. The molecule has 2 fully saturated rings. The SMILES string of the molecule is CC1CCCNC1C(=O)N1CCN(C(C)C(=O)O)CC1. The van der Waals surface area contributed by atoms with Crippen molar-refractivity contribution in [3.05, 3.63) is 0 Å². The second-order valence-electron chi connectivity index (χ2n) is 5.93. The monoisotopic (exact) mass is 283 g/mol. The molecule has 1 amide bonds. The molecule has 2 saturated heterocycles. The summed E-state index contributed by atoms with van der Waals surface area (Å²) in [6.07, 6.45) is 2.23. The Morgan fingerprint density at radius 1 is 1.25 bits per heavy atom. The Bertz CT molecular complexity index is 367. The molecule has 0 bridgehead atoms. The summed E-state index contributed by atoms with van der Waals surface area (Å²) >= 11 is 0. The van der Waals surface area contributed by atoms with Gasteiger partial charge in [-0.05, 0) is 32.2 Å². The number of piperidine rings is 1. The van der Waals surface area contributed by atoms with Crippen LogP contribution in [-0.2, 0) is 9.59 Å². The van der Waals surface area contributed by atoms with Crippen molar-refractivity contribution in [3.63, 3.8) is 0 Å². The highest BCUT2D eigenvalue weighted by Gasteiger charge is 2.33. The van der Waals surface area contributed by atoms with E-state index in [-0.39, 0.29) is 11.9 Å². The number of amides is 1. The molecular formula is C14H25N3O3. The summed E-state index contributed by atoms with van der Waals surface area (Å²) in [7, 11) is 0. The Morgan fingerprint density at radius 3 is 2.45 bits per heavy atom. The van der Waals surface area contributed by atoms with E-state index in [1.54, 1.807) is 6.92 Å². The molecule has 6 heteroatoms. The Morgan fingerprint density at radius 2 is 1.90 bits per heavy atom. The van der Waals surface area contributed by atoms with E-state index in [1.807, 2.05) is 9.80 Å². The van der Waals surface area contributed by atoms with Crippen molar-refractivity contribution in [2.24, 2.45) is 5.92 Å². The van der Waals surface area contributed by atoms with E-state index in [0.717, 1.165) is 19.4 Å². The van der Waals surface area contributed by atoms with Crippen molar-refractivity contribution in [3.8, 4) is 0 Å². The fourth-order valence-electron chi connectivity index (χ4n) is 3.06. The van der Waals surface area contributed by atoms with E-state index in [2.05, 4.69) is 12.2 Å². The molecule has 2 aliphatic rings. The van der Waals surface area contributed by atoms with Crippen LogP contribution in [0, 0.1) is 5.92 Å². The van der Waals surface area contributed by atoms with Crippen molar-refractivity contribution in [2.75, 3.05) is 32.7 Å². The number of piperazine rings is 1. The lowest BCUT2D eigenvalue weighted by Crippen LogP contribution is -2.58. The first-order chi connectivity index (χ1) is 9.50.